The van der Waals surface area contributed by atoms with Crippen LogP contribution in [0.3, 0.4) is 0 Å². The highest BCUT2D eigenvalue weighted by molar-refractivity contribution is 6.31. The minimum atomic E-state index is -0.210. The monoisotopic (exact) mass is 384 g/mol. The topological polar surface area (TPSA) is 29.1 Å². The minimum absolute atomic E-state index is 0. The fourth-order valence-electron chi connectivity index (χ4n) is 1.61. The molecule has 0 fully saturated rings. The second kappa shape index (κ2) is 4.98. The summed E-state index contributed by atoms with van der Waals surface area (Å²) >= 11 is 5.85. The van der Waals surface area contributed by atoms with Gasteiger partial charge in [-0.05, 0) is 39.8 Å². The van der Waals surface area contributed by atoms with Gasteiger partial charge in [0.25, 0.3) is 0 Å². The van der Waals surface area contributed by atoms with Crippen LogP contribution in [-0.2, 0) is 0 Å². The first-order valence-electron chi connectivity index (χ1n) is 5.37. The van der Waals surface area contributed by atoms with Gasteiger partial charge in [-0.25, -0.2) is 0 Å². The first-order valence-corrected chi connectivity index (χ1v) is 5.75. The summed E-state index contributed by atoms with van der Waals surface area (Å²) in [6.07, 6.45) is 0. The van der Waals surface area contributed by atoms with Crippen molar-refractivity contribution in [1.82, 2.24) is 5.32 Å². The Bertz CT molecular complexity index is 442. The van der Waals surface area contributed by atoms with E-state index in [1.54, 1.807) is 24.3 Å². The number of benzene rings is 1. The molecule has 0 heterocycles. The smallest absolute Gasteiger partial charge is 0.179 e. The third-order valence-electron chi connectivity index (χ3n) is 2.15. The third kappa shape index (κ3) is 3.95. The molecule has 16 heavy (non-hydrogen) atoms. The third-order valence-corrected chi connectivity index (χ3v) is 2.39. The van der Waals surface area contributed by atoms with Gasteiger partial charge in [0.1, 0.15) is 0 Å². The zero-order valence-corrected chi connectivity index (χ0v) is 10.9. The summed E-state index contributed by atoms with van der Waals surface area (Å²) in [6, 6.07) is 6.83. The Morgan fingerprint density at radius 3 is 2.56 bits per heavy atom. The van der Waals surface area contributed by atoms with Crippen molar-refractivity contribution in [3.05, 3.63) is 34.9 Å². The van der Waals surface area contributed by atoms with Crippen molar-refractivity contribution in [2.24, 2.45) is 0 Å². The molecular weight excluding hydrogens is 222 g/mol. The highest BCUT2D eigenvalue weighted by atomic mass is 35.5. The Morgan fingerprint density at radius 1 is 1.44 bits per heavy atom. The summed E-state index contributed by atoms with van der Waals surface area (Å²) in [4.78, 5) is 12.1. The highest BCUT2D eigenvalue weighted by Gasteiger charge is 2.20. The average molecular weight is 385 g/mol. The number of carbonyl (C=O) groups excluding carboxylic acids is 1. The summed E-state index contributed by atoms with van der Waals surface area (Å²) in [7, 11) is 0. The van der Waals surface area contributed by atoms with Crippen molar-refractivity contribution in [1.29, 1.82) is 0 Å². The fourth-order valence-corrected chi connectivity index (χ4v) is 1.80. The second-order valence-corrected chi connectivity index (χ2v) is 5.43. The summed E-state index contributed by atoms with van der Waals surface area (Å²) in [5, 5.41) is 3.84. The van der Waals surface area contributed by atoms with Gasteiger partial charge in [-0.1, -0.05) is 23.7 Å². The maximum Gasteiger partial charge on any atom is 0.179 e. The van der Waals surface area contributed by atoms with Crippen LogP contribution in [0.5, 0.6) is 0 Å². The van der Waals surface area contributed by atoms with E-state index < -0.39 is 0 Å². The quantitative estimate of drug-likeness (QED) is 0.524. The van der Waals surface area contributed by atoms with Crippen molar-refractivity contribution in [3.63, 3.8) is 0 Å². The highest BCUT2D eigenvalue weighted by Crippen LogP contribution is 2.13. The number of hydrogen-bond donors (Lipinski definition) is 1. The van der Waals surface area contributed by atoms with E-state index in [1.165, 1.54) is 0 Å². The Morgan fingerprint density at radius 2 is 2.06 bits per heavy atom. The van der Waals surface area contributed by atoms with Crippen LogP contribution in [0.1, 0.15) is 141 Å². The summed E-state index contributed by atoms with van der Waals surface area (Å²) < 4.78 is 0. The van der Waals surface area contributed by atoms with E-state index in [0.29, 0.717) is 10.6 Å². The van der Waals surface area contributed by atoms with Gasteiger partial charge >= 0.3 is 0 Å². The Hall–Kier alpha value is -0.860. The van der Waals surface area contributed by atoms with Gasteiger partial charge in [0.05, 0.1) is 6.04 Å². The number of Topliss-reactive ketones (excluding diaryl/α,β-unsaturated/α-hetero) is 1. The Kier molecular flexibility index (Phi) is 4.11. The van der Waals surface area contributed by atoms with E-state index in [9.17, 15) is 4.79 Å². The van der Waals surface area contributed by atoms with Crippen LogP contribution in [0.15, 0.2) is 24.3 Å². The number of carbonyl (C=O) groups is 1. The molecule has 0 radical (unpaired) electrons. The lowest BCUT2D eigenvalue weighted by molar-refractivity contribution is 0.0936. The lowest BCUT2D eigenvalue weighted by Gasteiger charge is -2.25. The van der Waals surface area contributed by atoms with E-state index in [4.69, 9.17) is 11.6 Å². The van der Waals surface area contributed by atoms with Crippen molar-refractivity contribution in [2.45, 2.75) is 39.3 Å². The first kappa shape index (κ1) is 13.2. The largest absolute Gasteiger partial charge is 0.303 e. The molecule has 1 atom stereocenters. The molecule has 3 heteroatoms. The molecule has 0 spiro atoms. The molecule has 232 valence electrons. The normalized spacial score (nSPS) is 13.6. The zero-order chi connectivity index (χ0) is 12.3. The van der Waals surface area contributed by atoms with Crippen molar-refractivity contribution < 1.29 is 108 Å². The number of rotatable bonds is 3. The molecule has 1 unspecified atom stereocenters. The number of ketones is 1. The predicted molar refractivity (Wildman–Crippen MR) is 220 cm³/mol. The standard InChI is InChI=1S/C13H18ClNO.72H2/c1-9(15-13(2,3)4)12(16)10-6-5-7-11(14)8-10;;;;;;;;;;;;;;;;;;;;;;;;;;;;;;;;;;;;;;;;;;;;;;;;;;;;;;;;;;;;;;;;;;;;;;;;/h5-9,15H,1-4H3;72*1H. The van der Waals surface area contributed by atoms with E-state index in [-0.39, 0.29) is 120 Å². The van der Waals surface area contributed by atoms with Gasteiger partial charge in [0.2, 0.25) is 0 Å². The van der Waals surface area contributed by atoms with E-state index in [1.807, 2.05) is 27.7 Å². The summed E-state index contributed by atoms with van der Waals surface area (Å²) in [5.41, 5.74) is 0.574. The molecule has 0 aliphatic rings. The van der Waals surface area contributed by atoms with Crippen LogP contribution in [-0.4, -0.2) is 17.4 Å². The van der Waals surface area contributed by atoms with Gasteiger partial charge in [-0.2, -0.15) is 0 Å². The molecule has 1 aromatic carbocycles. The molecule has 0 aliphatic carbocycles. The average Bonchev–Trinajstić information content (AvgIpc) is 2.14. The number of nitrogens with one attached hydrogen (secondary N) is 1. The predicted octanol–water partition coefficient (Wildman–Crippen LogP) is 21.0. The van der Waals surface area contributed by atoms with Crippen LogP contribution in [0.2, 0.25) is 5.02 Å². The van der Waals surface area contributed by atoms with Gasteiger partial charge in [-0.15, -0.1) is 0 Å². The van der Waals surface area contributed by atoms with Crippen molar-refractivity contribution in [3.8, 4) is 0 Å². The van der Waals surface area contributed by atoms with Crippen LogP contribution in [0.4, 0.5) is 0 Å². The lowest BCUT2D eigenvalue weighted by atomic mass is 10.0. The SMILES string of the molecule is CC(NC(C)(C)C)C(=O)c1cccc(Cl)c1.[HH].[HH].[HH].[HH].[HH].[HH].[HH].[HH].[HH].[HH].[HH].[HH].[HH].[HH].[HH].[HH].[HH].[HH].[HH].[HH].[HH].[HH].[HH].[HH].[HH].[HH].[HH].[HH].[HH].[HH].[HH].[HH].[HH].[HH].[HH].[HH].[HH].[HH].[HH].[HH].[HH].[HH].[HH].[HH].[HH].[HH].[HH].[HH].[HH].[HH].[HH].[HH].[HH].[HH].[HH].[HH].[HH].[HH].[HH].[HH].[HH].[HH].[HH].[HH].[HH].[HH].[HH].[HH].[HH].[HH].[HH].[HH]. The van der Waals surface area contributed by atoms with Crippen LogP contribution in [0.25, 0.3) is 0 Å². The maximum absolute atomic E-state index is 12.1. The van der Waals surface area contributed by atoms with Gasteiger partial charge in [0.15, 0.2) is 5.78 Å². The molecule has 0 saturated carbocycles. The summed E-state index contributed by atoms with van der Waals surface area (Å²) in [5.74, 6) is 0.0671. The Balaban J connectivity index is -0.000000000508. The minimum Gasteiger partial charge on any atom is -0.303 e. The lowest BCUT2D eigenvalue weighted by Crippen LogP contribution is -2.46. The van der Waals surface area contributed by atoms with E-state index in [0.717, 1.165) is 0 Å². The maximum atomic E-state index is 12.1. The van der Waals surface area contributed by atoms with Crippen molar-refractivity contribution >= 4 is 17.4 Å². The molecule has 0 saturated heterocycles. The van der Waals surface area contributed by atoms with Crippen LogP contribution < -0.4 is 5.32 Å². The van der Waals surface area contributed by atoms with Crippen molar-refractivity contribution in [2.75, 3.05) is 0 Å². The molecule has 0 bridgehead atoms. The number of halogens is 1. The molecule has 2 nitrogen and oxygen atoms in total. The molecule has 1 N–H and O–H groups in total. The van der Waals surface area contributed by atoms with Gasteiger partial charge in [-0.3, -0.25) is 4.79 Å². The fraction of sp³-hybridized carbons (Fsp3) is 0.462. The van der Waals surface area contributed by atoms with Crippen LogP contribution in [0, 0.1) is 0 Å². The first-order chi connectivity index (χ1) is 7.29. The molecule has 0 aliphatic heterocycles. The van der Waals surface area contributed by atoms with E-state index >= 15 is 0 Å². The Labute approximate surface area is 209 Å². The van der Waals surface area contributed by atoms with Gasteiger partial charge in [0, 0.05) is 119 Å². The molecule has 1 aromatic rings. The molecular formula is C13H162ClNO. The molecule has 1 rings (SSSR count). The second-order valence-electron chi connectivity index (χ2n) is 4.99. The van der Waals surface area contributed by atoms with Gasteiger partial charge < -0.3 is 5.32 Å². The summed E-state index contributed by atoms with van der Waals surface area (Å²) in [6.45, 7) is 7.98. The number of hydrogen-bond acceptors (Lipinski definition) is 2. The van der Waals surface area contributed by atoms with E-state index in [2.05, 4.69) is 5.32 Å². The molecule has 0 amide bonds. The molecule has 0 aromatic heterocycles. The zero-order valence-electron chi connectivity index (χ0n) is 10.2. The van der Waals surface area contributed by atoms with Crippen LogP contribution >= 0.6 is 11.6 Å².